The Morgan fingerprint density at radius 2 is 1.71 bits per heavy atom. The summed E-state index contributed by atoms with van der Waals surface area (Å²) >= 11 is 0. The van der Waals surface area contributed by atoms with Gasteiger partial charge in [0.15, 0.2) is 0 Å². The number of aryl methyl sites for hydroxylation is 2. The van der Waals surface area contributed by atoms with Crippen molar-refractivity contribution in [3.05, 3.63) is 76.4 Å². The van der Waals surface area contributed by atoms with Crippen LogP contribution in [0.4, 0.5) is 0 Å². The summed E-state index contributed by atoms with van der Waals surface area (Å²) in [5, 5.41) is 0. The fourth-order valence-corrected chi connectivity index (χ4v) is 3.67. The van der Waals surface area contributed by atoms with Gasteiger partial charge in [-0.2, -0.15) is 0 Å². The van der Waals surface area contributed by atoms with Crippen LogP contribution in [0.2, 0.25) is 0 Å². The van der Waals surface area contributed by atoms with Crippen molar-refractivity contribution in [3.63, 3.8) is 0 Å². The molecule has 2 aromatic carbocycles. The molecule has 124 valence electrons. The quantitative estimate of drug-likeness (QED) is 0.637. The molecule has 1 nitrogen and oxygen atoms in total. The van der Waals surface area contributed by atoms with Crippen molar-refractivity contribution in [2.75, 3.05) is 0 Å². The van der Waals surface area contributed by atoms with Gasteiger partial charge in [0.05, 0.1) is 11.3 Å². The first-order chi connectivity index (χ1) is 11.2. The second-order valence-corrected chi connectivity index (χ2v) is 7.72. The van der Waals surface area contributed by atoms with E-state index in [-0.39, 0.29) is 5.54 Å². The predicted octanol–water partition coefficient (Wildman–Crippen LogP) is 6.07. The molecule has 2 aromatic rings. The number of rotatable bonds is 2. The summed E-state index contributed by atoms with van der Waals surface area (Å²) in [5.74, 6) is 0.540. The molecule has 0 saturated carbocycles. The zero-order chi connectivity index (χ0) is 17.6. The minimum atomic E-state index is -0.279. The van der Waals surface area contributed by atoms with E-state index in [1.54, 1.807) is 0 Å². The third kappa shape index (κ3) is 2.62. The molecule has 0 fully saturated rings. The normalized spacial score (nSPS) is 16.1. The van der Waals surface area contributed by atoms with E-state index >= 15 is 0 Å². The van der Waals surface area contributed by atoms with Gasteiger partial charge in [-0.05, 0) is 67.5 Å². The number of fused-ring (bicyclic) bond motifs is 1. The smallest absolute Gasteiger partial charge is 0.0808 e. The lowest BCUT2D eigenvalue weighted by Gasteiger charge is -2.33. The molecule has 0 saturated heterocycles. The topological polar surface area (TPSA) is 12.4 Å². The first-order valence-corrected chi connectivity index (χ1v) is 8.73. The number of hydrogen-bond acceptors (Lipinski definition) is 1. The molecule has 0 amide bonds. The highest BCUT2D eigenvalue weighted by Crippen LogP contribution is 2.39. The third-order valence-corrected chi connectivity index (χ3v) is 5.12. The molecule has 0 bridgehead atoms. The Morgan fingerprint density at radius 1 is 1.00 bits per heavy atom. The van der Waals surface area contributed by atoms with Crippen molar-refractivity contribution in [2.45, 2.75) is 53.0 Å². The molecule has 1 aliphatic heterocycles. The zero-order valence-electron chi connectivity index (χ0n) is 15.7. The summed E-state index contributed by atoms with van der Waals surface area (Å²) in [5.41, 5.74) is 9.59. The molecular weight excluding hydrogens is 290 g/mol. The first-order valence-electron chi connectivity index (χ1n) is 8.73. The van der Waals surface area contributed by atoms with Crippen LogP contribution < -0.4 is 0 Å². The fourth-order valence-electron chi connectivity index (χ4n) is 3.67. The van der Waals surface area contributed by atoms with E-state index in [0.29, 0.717) is 5.92 Å². The molecule has 0 unspecified atom stereocenters. The average molecular weight is 317 g/mol. The molecule has 0 aliphatic carbocycles. The van der Waals surface area contributed by atoms with Gasteiger partial charge in [-0.15, -0.1) is 0 Å². The molecule has 3 rings (SSSR count). The third-order valence-electron chi connectivity index (χ3n) is 5.12. The maximum atomic E-state index is 5.08. The molecule has 1 aliphatic rings. The molecule has 0 radical (unpaired) electrons. The minimum absolute atomic E-state index is 0.279. The Bertz CT molecular complexity index is 850. The van der Waals surface area contributed by atoms with Gasteiger partial charge < -0.3 is 0 Å². The van der Waals surface area contributed by atoms with Gasteiger partial charge in [0.2, 0.25) is 0 Å². The summed E-state index contributed by atoms with van der Waals surface area (Å²) in [7, 11) is 0. The highest BCUT2D eigenvalue weighted by atomic mass is 14.9. The molecule has 0 N–H and O–H groups in total. The lowest BCUT2D eigenvalue weighted by Crippen LogP contribution is -2.28. The summed E-state index contributed by atoms with van der Waals surface area (Å²) in [6.45, 7) is 17.5. The van der Waals surface area contributed by atoms with Gasteiger partial charge in [-0.3, -0.25) is 4.99 Å². The van der Waals surface area contributed by atoms with Crippen LogP contribution in [0.5, 0.6) is 0 Å². The molecule has 0 spiro atoms. The van der Waals surface area contributed by atoms with Gasteiger partial charge in [0.1, 0.15) is 0 Å². The standard InChI is InChI=1S/C23H27N/c1-14(2)19-12-11-18(13-16(19)4)22-20-10-8-9-15(3)21(20)17(5)23(6,7)24-22/h8-14H,5H2,1-4,6-7H3. The van der Waals surface area contributed by atoms with Crippen LogP contribution in [0.3, 0.4) is 0 Å². The minimum Gasteiger partial charge on any atom is -0.273 e. The Morgan fingerprint density at radius 3 is 2.33 bits per heavy atom. The molecule has 24 heavy (non-hydrogen) atoms. The number of benzene rings is 2. The van der Waals surface area contributed by atoms with Crippen LogP contribution in [0.1, 0.15) is 67.0 Å². The van der Waals surface area contributed by atoms with Gasteiger partial charge in [0, 0.05) is 11.1 Å². The van der Waals surface area contributed by atoms with Crippen LogP contribution in [0.15, 0.2) is 48.0 Å². The van der Waals surface area contributed by atoms with E-state index in [0.717, 1.165) is 11.3 Å². The molecule has 1 heterocycles. The lowest BCUT2D eigenvalue weighted by atomic mass is 9.79. The van der Waals surface area contributed by atoms with Crippen LogP contribution in [-0.4, -0.2) is 11.3 Å². The first kappa shape index (κ1) is 16.7. The number of nitrogens with zero attached hydrogens (tertiary/aromatic N) is 1. The SMILES string of the molecule is C=C1c2c(C)cccc2C(c2ccc(C(C)C)c(C)c2)=NC1(C)C. The van der Waals surface area contributed by atoms with Crippen molar-refractivity contribution in [3.8, 4) is 0 Å². The van der Waals surface area contributed by atoms with Crippen LogP contribution in [0.25, 0.3) is 5.57 Å². The van der Waals surface area contributed by atoms with Gasteiger partial charge in [-0.1, -0.05) is 50.8 Å². The second-order valence-electron chi connectivity index (χ2n) is 7.72. The van der Waals surface area contributed by atoms with Crippen LogP contribution >= 0.6 is 0 Å². The maximum absolute atomic E-state index is 5.08. The predicted molar refractivity (Wildman–Crippen MR) is 105 cm³/mol. The van der Waals surface area contributed by atoms with Gasteiger partial charge in [0.25, 0.3) is 0 Å². The molecule has 1 heteroatoms. The van der Waals surface area contributed by atoms with E-state index < -0.39 is 0 Å². The van der Waals surface area contributed by atoms with Crippen molar-refractivity contribution in [1.29, 1.82) is 0 Å². The zero-order valence-corrected chi connectivity index (χ0v) is 15.7. The number of hydrogen-bond donors (Lipinski definition) is 0. The summed E-state index contributed by atoms with van der Waals surface area (Å²) in [4.78, 5) is 5.08. The highest BCUT2D eigenvalue weighted by Gasteiger charge is 2.32. The van der Waals surface area contributed by atoms with E-state index in [2.05, 4.69) is 84.5 Å². The summed E-state index contributed by atoms with van der Waals surface area (Å²) in [6, 6.07) is 13.2. The van der Waals surface area contributed by atoms with E-state index in [1.165, 1.54) is 33.4 Å². The lowest BCUT2D eigenvalue weighted by molar-refractivity contribution is 0.674. The van der Waals surface area contributed by atoms with Crippen molar-refractivity contribution >= 4 is 11.3 Å². The maximum Gasteiger partial charge on any atom is 0.0808 e. The van der Waals surface area contributed by atoms with Gasteiger partial charge in [-0.25, -0.2) is 0 Å². The Kier molecular flexibility index (Phi) is 3.99. The molecule has 0 aromatic heterocycles. The van der Waals surface area contributed by atoms with Crippen molar-refractivity contribution in [1.82, 2.24) is 0 Å². The summed E-state index contributed by atoms with van der Waals surface area (Å²) < 4.78 is 0. The Labute approximate surface area is 146 Å². The molecule has 0 atom stereocenters. The average Bonchev–Trinajstić information content (AvgIpc) is 2.50. The van der Waals surface area contributed by atoms with Crippen LogP contribution in [-0.2, 0) is 0 Å². The fraction of sp³-hybridized carbons (Fsp3) is 0.348. The Hall–Kier alpha value is -2.15. The van der Waals surface area contributed by atoms with E-state index in [1.807, 2.05) is 0 Å². The van der Waals surface area contributed by atoms with Crippen molar-refractivity contribution < 1.29 is 0 Å². The van der Waals surface area contributed by atoms with Gasteiger partial charge >= 0.3 is 0 Å². The highest BCUT2D eigenvalue weighted by molar-refractivity contribution is 6.18. The molecular formula is C23H27N. The van der Waals surface area contributed by atoms with E-state index in [9.17, 15) is 0 Å². The van der Waals surface area contributed by atoms with E-state index in [4.69, 9.17) is 4.99 Å². The van der Waals surface area contributed by atoms with Crippen molar-refractivity contribution in [2.24, 2.45) is 4.99 Å². The second kappa shape index (κ2) is 5.73. The Balaban J connectivity index is 2.23. The van der Waals surface area contributed by atoms with Crippen LogP contribution in [0, 0.1) is 13.8 Å². The number of aliphatic imine (C=N–C) groups is 1. The summed E-state index contributed by atoms with van der Waals surface area (Å²) in [6.07, 6.45) is 0. The monoisotopic (exact) mass is 317 g/mol. The largest absolute Gasteiger partial charge is 0.273 e.